The first-order valence-electron chi connectivity index (χ1n) is 9.37. The zero-order valence-corrected chi connectivity index (χ0v) is 18.1. The summed E-state index contributed by atoms with van der Waals surface area (Å²) < 4.78 is 11.8. The highest BCUT2D eigenvalue weighted by Crippen LogP contribution is 2.35. The van der Waals surface area contributed by atoms with E-state index in [-0.39, 0.29) is 11.6 Å². The average Bonchev–Trinajstić information content (AvgIpc) is 2.67. The number of urea groups is 1. The van der Waals surface area contributed by atoms with Crippen molar-refractivity contribution in [3.05, 3.63) is 26.8 Å². The number of nitrogens with one attached hydrogen (secondary N) is 1. The number of benzene rings is 1. The molecule has 1 aliphatic heterocycles. The number of rotatable bonds is 5. The highest BCUT2D eigenvalue weighted by atomic mass is 127. The van der Waals surface area contributed by atoms with Crippen molar-refractivity contribution in [3.63, 3.8) is 0 Å². The molecule has 150 valence electrons. The molecular weight excluding hydrogens is 475 g/mol. The number of methoxy groups -OCH3 is 1. The fourth-order valence-corrected chi connectivity index (χ4v) is 4.40. The molecule has 1 saturated carbocycles. The minimum absolute atomic E-state index is 0.0489. The molecule has 0 spiro atoms. The van der Waals surface area contributed by atoms with Crippen LogP contribution >= 0.6 is 22.6 Å². The van der Waals surface area contributed by atoms with Crippen LogP contribution in [0.1, 0.15) is 44.6 Å². The number of halogens is 1. The first-order valence-corrected chi connectivity index (χ1v) is 10.4. The molecule has 4 amide bonds. The topological polar surface area (TPSA) is 84.9 Å². The fourth-order valence-electron chi connectivity index (χ4n) is 3.62. The van der Waals surface area contributed by atoms with E-state index in [0.717, 1.165) is 35.7 Å². The quantitative estimate of drug-likeness (QED) is 0.382. The maximum absolute atomic E-state index is 13.0. The third kappa shape index (κ3) is 4.16. The summed E-state index contributed by atoms with van der Waals surface area (Å²) in [5.41, 5.74) is 0.577. The molecule has 1 aliphatic carbocycles. The molecular formula is C20H23IN2O5. The van der Waals surface area contributed by atoms with Crippen LogP contribution in [-0.2, 0) is 9.59 Å². The second-order valence-electron chi connectivity index (χ2n) is 6.75. The summed E-state index contributed by atoms with van der Waals surface area (Å²) in [6.07, 6.45) is 6.10. The van der Waals surface area contributed by atoms with Gasteiger partial charge in [0.15, 0.2) is 11.5 Å². The van der Waals surface area contributed by atoms with Crippen molar-refractivity contribution in [2.24, 2.45) is 0 Å². The maximum atomic E-state index is 13.0. The number of hydrogen-bond acceptors (Lipinski definition) is 5. The van der Waals surface area contributed by atoms with Gasteiger partial charge in [0, 0.05) is 6.04 Å². The van der Waals surface area contributed by atoms with Gasteiger partial charge in [0.05, 0.1) is 17.3 Å². The number of ether oxygens (including phenoxy) is 2. The number of carbonyl (C=O) groups excluding carboxylic acids is 3. The lowest BCUT2D eigenvalue weighted by Crippen LogP contribution is -2.58. The van der Waals surface area contributed by atoms with E-state index >= 15 is 0 Å². The summed E-state index contributed by atoms with van der Waals surface area (Å²) in [7, 11) is 1.53. The van der Waals surface area contributed by atoms with Crippen molar-refractivity contribution >= 4 is 46.5 Å². The minimum Gasteiger partial charge on any atom is -0.493 e. The average molecular weight is 498 g/mol. The molecule has 0 unspecified atom stereocenters. The van der Waals surface area contributed by atoms with Crippen molar-refractivity contribution in [2.45, 2.75) is 45.1 Å². The van der Waals surface area contributed by atoms with Crippen molar-refractivity contribution < 1.29 is 23.9 Å². The van der Waals surface area contributed by atoms with Gasteiger partial charge in [-0.05, 0) is 66.1 Å². The van der Waals surface area contributed by atoms with E-state index in [1.165, 1.54) is 18.1 Å². The van der Waals surface area contributed by atoms with Crippen LogP contribution in [0.5, 0.6) is 11.5 Å². The number of imide groups is 2. The van der Waals surface area contributed by atoms with E-state index in [9.17, 15) is 14.4 Å². The summed E-state index contributed by atoms with van der Waals surface area (Å²) in [6, 6.07) is 2.73. The fraction of sp³-hybridized carbons (Fsp3) is 0.450. The molecule has 1 heterocycles. The Morgan fingerprint density at radius 3 is 2.57 bits per heavy atom. The van der Waals surface area contributed by atoms with Crippen LogP contribution in [0.15, 0.2) is 17.7 Å². The minimum atomic E-state index is -0.676. The van der Waals surface area contributed by atoms with Gasteiger partial charge in [0.2, 0.25) is 0 Å². The number of hydrogen-bond donors (Lipinski definition) is 1. The Kier molecular flexibility index (Phi) is 6.58. The van der Waals surface area contributed by atoms with Gasteiger partial charge >= 0.3 is 6.03 Å². The van der Waals surface area contributed by atoms with Gasteiger partial charge in [-0.1, -0.05) is 19.3 Å². The molecule has 2 fully saturated rings. The Labute approximate surface area is 177 Å². The predicted molar refractivity (Wildman–Crippen MR) is 112 cm³/mol. The molecule has 1 saturated heterocycles. The van der Waals surface area contributed by atoms with E-state index in [0.29, 0.717) is 23.7 Å². The number of carbonyl (C=O) groups is 3. The highest BCUT2D eigenvalue weighted by Gasteiger charge is 2.40. The molecule has 1 aromatic rings. The van der Waals surface area contributed by atoms with E-state index in [1.807, 2.05) is 13.0 Å². The lowest BCUT2D eigenvalue weighted by Gasteiger charge is -2.35. The van der Waals surface area contributed by atoms with Crippen molar-refractivity contribution in [1.29, 1.82) is 0 Å². The van der Waals surface area contributed by atoms with Gasteiger partial charge < -0.3 is 9.47 Å². The Hall–Kier alpha value is -2.10. The number of barbiturate groups is 1. The van der Waals surface area contributed by atoms with E-state index in [1.54, 1.807) is 6.07 Å². The molecule has 28 heavy (non-hydrogen) atoms. The summed E-state index contributed by atoms with van der Waals surface area (Å²) in [6.45, 7) is 2.37. The van der Waals surface area contributed by atoms with Crippen molar-refractivity contribution in [3.8, 4) is 11.5 Å². The first-order chi connectivity index (χ1) is 13.5. The first kappa shape index (κ1) is 20.6. The molecule has 1 N–H and O–H groups in total. The Morgan fingerprint density at radius 2 is 1.93 bits per heavy atom. The molecule has 0 atom stereocenters. The summed E-state index contributed by atoms with van der Waals surface area (Å²) >= 11 is 2.12. The zero-order chi connectivity index (χ0) is 20.3. The van der Waals surface area contributed by atoms with E-state index in [2.05, 4.69) is 27.9 Å². The Bertz CT molecular complexity index is 830. The Morgan fingerprint density at radius 1 is 1.21 bits per heavy atom. The predicted octanol–water partition coefficient (Wildman–Crippen LogP) is 3.49. The van der Waals surface area contributed by atoms with Crippen molar-refractivity contribution in [2.75, 3.05) is 13.7 Å². The molecule has 8 heteroatoms. The van der Waals surface area contributed by atoms with Gasteiger partial charge in [-0.15, -0.1) is 0 Å². The normalized spacial score (nSPS) is 19.8. The number of nitrogens with zero attached hydrogens (tertiary/aromatic N) is 1. The molecule has 2 aliphatic rings. The van der Waals surface area contributed by atoms with Crippen LogP contribution in [0, 0.1) is 3.57 Å². The second-order valence-corrected chi connectivity index (χ2v) is 7.91. The lowest BCUT2D eigenvalue weighted by molar-refractivity contribution is -0.132. The second kappa shape index (κ2) is 8.93. The summed E-state index contributed by atoms with van der Waals surface area (Å²) in [4.78, 5) is 38.8. The summed E-state index contributed by atoms with van der Waals surface area (Å²) in [5, 5.41) is 2.30. The standard InChI is InChI=1S/C20H23IN2O5/c1-3-28-17-15(21)10-12(11-16(17)27-2)9-14-18(24)22-20(26)23(19(14)25)13-7-5-4-6-8-13/h9-11,13H,3-8H2,1-2H3,(H,22,24,26). The van der Waals surface area contributed by atoms with Gasteiger partial charge in [-0.2, -0.15) is 0 Å². The van der Waals surface area contributed by atoms with Crippen LogP contribution < -0.4 is 14.8 Å². The van der Waals surface area contributed by atoms with Gasteiger partial charge in [-0.25, -0.2) is 4.79 Å². The third-order valence-electron chi connectivity index (χ3n) is 4.92. The Balaban J connectivity index is 1.95. The van der Waals surface area contributed by atoms with E-state index in [4.69, 9.17) is 9.47 Å². The van der Waals surface area contributed by atoms with Gasteiger partial charge in [0.1, 0.15) is 5.57 Å². The van der Waals surface area contributed by atoms with Gasteiger partial charge in [-0.3, -0.25) is 19.8 Å². The molecule has 3 rings (SSSR count). The van der Waals surface area contributed by atoms with Gasteiger partial charge in [0.25, 0.3) is 11.8 Å². The van der Waals surface area contributed by atoms with Crippen LogP contribution in [-0.4, -0.2) is 42.5 Å². The van der Waals surface area contributed by atoms with Crippen LogP contribution in [0.4, 0.5) is 4.79 Å². The molecule has 7 nitrogen and oxygen atoms in total. The van der Waals surface area contributed by atoms with E-state index < -0.39 is 17.8 Å². The third-order valence-corrected chi connectivity index (χ3v) is 5.73. The van der Waals surface area contributed by atoms with Crippen LogP contribution in [0.3, 0.4) is 0 Å². The number of amides is 4. The molecule has 0 aromatic heterocycles. The zero-order valence-electron chi connectivity index (χ0n) is 15.9. The SMILES string of the molecule is CCOc1c(I)cc(C=C2C(=O)NC(=O)N(C3CCCCC3)C2=O)cc1OC. The largest absolute Gasteiger partial charge is 0.493 e. The smallest absolute Gasteiger partial charge is 0.331 e. The molecule has 0 bridgehead atoms. The monoisotopic (exact) mass is 498 g/mol. The summed E-state index contributed by atoms with van der Waals surface area (Å²) in [5.74, 6) is -0.0795. The highest BCUT2D eigenvalue weighted by molar-refractivity contribution is 14.1. The van der Waals surface area contributed by atoms with Crippen LogP contribution in [0.25, 0.3) is 6.08 Å². The molecule has 1 aromatic carbocycles. The maximum Gasteiger partial charge on any atom is 0.331 e. The molecule has 0 radical (unpaired) electrons. The van der Waals surface area contributed by atoms with Crippen molar-refractivity contribution in [1.82, 2.24) is 10.2 Å². The lowest BCUT2D eigenvalue weighted by atomic mass is 9.93. The van der Waals surface area contributed by atoms with Crippen LogP contribution in [0.2, 0.25) is 0 Å².